The van der Waals surface area contributed by atoms with Gasteiger partial charge in [-0.3, -0.25) is 4.79 Å². The van der Waals surface area contributed by atoms with Crippen LogP contribution in [-0.4, -0.2) is 50.7 Å². The third kappa shape index (κ3) is 5.42. The van der Waals surface area contributed by atoms with Gasteiger partial charge in [0.15, 0.2) is 0 Å². The van der Waals surface area contributed by atoms with Gasteiger partial charge in [0, 0.05) is 20.2 Å². The van der Waals surface area contributed by atoms with E-state index in [4.69, 9.17) is 4.74 Å². The minimum atomic E-state index is -0.304. The van der Waals surface area contributed by atoms with E-state index in [0.717, 1.165) is 51.9 Å². The average Bonchev–Trinajstić information content (AvgIpc) is 2.49. The monoisotopic (exact) mass is 320 g/mol. The highest BCUT2D eigenvalue weighted by Crippen LogP contribution is 2.32. The highest BCUT2D eigenvalue weighted by molar-refractivity contribution is 5.85. The van der Waals surface area contributed by atoms with Crippen LogP contribution in [0.25, 0.3) is 0 Å². The summed E-state index contributed by atoms with van der Waals surface area (Å²) in [7, 11) is 1.70. The minimum absolute atomic E-state index is 0. The van der Waals surface area contributed by atoms with Crippen LogP contribution in [0.4, 0.5) is 0 Å². The van der Waals surface area contributed by atoms with Gasteiger partial charge in [0.1, 0.15) is 0 Å². The van der Waals surface area contributed by atoms with E-state index >= 15 is 0 Å². The maximum absolute atomic E-state index is 13.0. The molecule has 5 heteroatoms. The summed E-state index contributed by atoms with van der Waals surface area (Å²) in [5.74, 6) is 0.912. The Bertz CT molecular complexity index is 284. The van der Waals surface area contributed by atoms with E-state index < -0.39 is 0 Å². The Balaban J connectivity index is 0.00000400. The van der Waals surface area contributed by atoms with Crippen LogP contribution in [-0.2, 0) is 9.53 Å². The van der Waals surface area contributed by atoms with E-state index in [1.807, 2.05) is 0 Å². The van der Waals surface area contributed by atoms with Crippen LogP contribution in [0, 0.1) is 11.3 Å². The number of carbonyl (C=O) groups excluding carboxylic acids is 1. The Morgan fingerprint density at radius 2 is 1.81 bits per heavy atom. The molecule has 1 aliphatic heterocycles. The fourth-order valence-electron chi connectivity index (χ4n) is 3.15. The maximum Gasteiger partial charge on any atom is 0.231 e. The lowest BCUT2D eigenvalue weighted by Crippen LogP contribution is -2.52. The Kier molecular flexibility index (Phi) is 10.3. The molecule has 4 nitrogen and oxygen atoms in total. The van der Waals surface area contributed by atoms with Crippen molar-refractivity contribution in [2.75, 3.05) is 39.9 Å². The second kappa shape index (κ2) is 10.4. The van der Waals surface area contributed by atoms with Crippen LogP contribution in [0.2, 0.25) is 0 Å². The Labute approximate surface area is 136 Å². The minimum Gasteiger partial charge on any atom is -0.384 e. The molecule has 1 amide bonds. The molecule has 0 unspecified atom stereocenters. The zero-order valence-electron chi connectivity index (χ0n) is 14.1. The zero-order valence-corrected chi connectivity index (χ0v) is 14.9. The number of nitrogens with one attached hydrogen (secondary N) is 1. The lowest BCUT2D eigenvalue weighted by molar-refractivity contribution is -0.148. The van der Waals surface area contributed by atoms with Crippen molar-refractivity contribution in [3.8, 4) is 0 Å². The molecule has 1 fully saturated rings. The smallest absolute Gasteiger partial charge is 0.231 e. The largest absolute Gasteiger partial charge is 0.384 e. The molecular formula is C16H33ClN2O2. The number of piperidine rings is 1. The molecule has 21 heavy (non-hydrogen) atoms. The molecule has 0 aromatic heterocycles. The van der Waals surface area contributed by atoms with E-state index in [2.05, 4.69) is 31.0 Å². The van der Waals surface area contributed by atoms with Crippen LogP contribution >= 0.6 is 12.4 Å². The van der Waals surface area contributed by atoms with Crippen molar-refractivity contribution in [3.63, 3.8) is 0 Å². The van der Waals surface area contributed by atoms with Crippen LogP contribution in [0.15, 0.2) is 0 Å². The number of hydrogen-bond acceptors (Lipinski definition) is 3. The average molecular weight is 321 g/mol. The van der Waals surface area contributed by atoms with E-state index in [-0.39, 0.29) is 17.8 Å². The van der Waals surface area contributed by atoms with E-state index in [1.165, 1.54) is 0 Å². The van der Waals surface area contributed by atoms with Crippen LogP contribution < -0.4 is 5.32 Å². The Morgan fingerprint density at radius 1 is 1.24 bits per heavy atom. The fraction of sp³-hybridized carbons (Fsp3) is 0.938. The first-order valence-electron chi connectivity index (χ1n) is 8.12. The predicted octanol–water partition coefficient (Wildman–Crippen LogP) is 2.71. The molecule has 0 aromatic carbocycles. The number of carbonyl (C=O) groups is 1. The summed E-state index contributed by atoms with van der Waals surface area (Å²) in [5, 5.41) is 3.35. The zero-order chi connectivity index (χ0) is 15.0. The Morgan fingerprint density at radius 3 is 2.24 bits per heavy atom. The third-order valence-corrected chi connectivity index (χ3v) is 4.74. The molecule has 1 rings (SSSR count). The van der Waals surface area contributed by atoms with Gasteiger partial charge in [0.25, 0.3) is 0 Å². The molecule has 1 saturated heterocycles. The van der Waals surface area contributed by atoms with Crippen molar-refractivity contribution in [1.29, 1.82) is 0 Å². The second-order valence-electron chi connectivity index (χ2n) is 5.99. The van der Waals surface area contributed by atoms with Gasteiger partial charge < -0.3 is 15.0 Å². The van der Waals surface area contributed by atoms with Crippen molar-refractivity contribution < 1.29 is 9.53 Å². The van der Waals surface area contributed by atoms with E-state index in [0.29, 0.717) is 18.4 Å². The van der Waals surface area contributed by atoms with E-state index in [9.17, 15) is 4.79 Å². The first-order valence-corrected chi connectivity index (χ1v) is 8.12. The number of rotatable bonds is 8. The summed E-state index contributed by atoms with van der Waals surface area (Å²) in [6.45, 7) is 10.6. The number of ether oxygens (including phenoxy) is 1. The van der Waals surface area contributed by atoms with Gasteiger partial charge in [0.05, 0.1) is 12.0 Å². The molecule has 0 spiro atoms. The van der Waals surface area contributed by atoms with Crippen molar-refractivity contribution in [1.82, 2.24) is 10.2 Å². The van der Waals surface area contributed by atoms with Gasteiger partial charge >= 0.3 is 0 Å². The predicted molar refractivity (Wildman–Crippen MR) is 90.0 cm³/mol. The molecule has 0 saturated carbocycles. The summed E-state index contributed by atoms with van der Waals surface area (Å²) >= 11 is 0. The summed E-state index contributed by atoms with van der Waals surface area (Å²) < 4.78 is 5.38. The lowest BCUT2D eigenvalue weighted by Gasteiger charge is -2.40. The number of hydrogen-bond donors (Lipinski definition) is 1. The molecule has 1 heterocycles. The van der Waals surface area contributed by atoms with Crippen molar-refractivity contribution >= 4 is 18.3 Å². The molecule has 1 aliphatic rings. The summed E-state index contributed by atoms with van der Waals surface area (Å²) in [5.41, 5.74) is -0.304. The van der Waals surface area contributed by atoms with Crippen LogP contribution in [0.1, 0.15) is 46.5 Å². The van der Waals surface area contributed by atoms with Gasteiger partial charge in [0.2, 0.25) is 5.91 Å². The first kappa shape index (κ1) is 20.7. The molecule has 1 N–H and O–H groups in total. The number of halogens is 1. The first-order chi connectivity index (χ1) is 9.63. The van der Waals surface area contributed by atoms with Crippen molar-refractivity contribution in [2.45, 2.75) is 46.5 Å². The topological polar surface area (TPSA) is 41.6 Å². The molecule has 126 valence electrons. The van der Waals surface area contributed by atoms with Gasteiger partial charge in [-0.25, -0.2) is 0 Å². The fourth-order valence-corrected chi connectivity index (χ4v) is 3.15. The standard InChI is InChI=1S/C16H32N2O2.ClH/c1-5-14(6-2)12-18(7-3)15(19)16(13-20-4)8-10-17-11-9-16;/h14,17H,5-13H2,1-4H3;1H. The summed E-state index contributed by atoms with van der Waals surface area (Å²) in [6.07, 6.45) is 4.05. The van der Waals surface area contributed by atoms with Gasteiger partial charge in [-0.2, -0.15) is 0 Å². The number of nitrogens with zero attached hydrogens (tertiary/aromatic N) is 1. The van der Waals surface area contributed by atoms with Crippen LogP contribution in [0.5, 0.6) is 0 Å². The normalized spacial score (nSPS) is 17.4. The molecular weight excluding hydrogens is 288 g/mol. The molecule has 0 atom stereocenters. The van der Waals surface area contributed by atoms with Gasteiger partial charge in [-0.15, -0.1) is 12.4 Å². The van der Waals surface area contributed by atoms with Gasteiger partial charge in [-0.1, -0.05) is 26.7 Å². The second-order valence-corrected chi connectivity index (χ2v) is 5.99. The molecule has 0 radical (unpaired) electrons. The number of amides is 1. The highest BCUT2D eigenvalue weighted by atomic mass is 35.5. The van der Waals surface area contributed by atoms with Gasteiger partial charge in [-0.05, 0) is 38.8 Å². The highest BCUT2D eigenvalue weighted by Gasteiger charge is 2.42. The molecule has 0 aliphatic carbocycles. The maximum atomic E-state index is 13.0. The van der Waals surface area contributed by atoms with Crippen molar-refractivity contribution in [3.05, 3.63) is 0 Å². The van der Waals surface area contributed by atoms with Crippen molar-refractivity contribution in [2.24, 2.45) is 11.3 Å². The SMILES string of the molecule is CCC(CC)CN(CC)C(=O)C1(COC)CCNCC1.Cl. The summed E-state index contributed by atoms with van der Waals surface area (Å²) in [4.78, 5) is 15.1. The quantitative estimate of drug-likeness (QED) is 0.747. The number of methoxy groups -OCH3 is 1. The third-order valence-electron chi connectivity index (χ3n) is 4.74. The van der Waals surface area contributed by atoms with Crippen LogP contribution in [0.3, 0.4) is 0 Å². The Hall–Kier alpha value is -0.320. The molecule has 0 bridgehead atoms. The van der Waals surface area contributed by atoms with E-state index in [1.54, 1.807) is 7.11 Å². The lowest BCUT2D eigenvalue weighted by atomic mass is 9.78. The molecule has 0 aromatic rings. The summed E-state index contributed by atoms with van der Waals surface area (Å²) in [6, 6.07) is 0.